The van der Waals surface area contributed by atoms with Crippen LogP contribution in [0.4, 0.5) is 0 Å². The van der Waals surface area contributed by atoms with E-state index < -0.39 is 0 Å². The first-order valence-electron chi connectivity index (χ1n) is 9.59. The third kappa shape index (κ3) is 3.53. The van der Waals surface area contributed by atoms with Crippen LogP contribution in [0, 0.1) is 0 Å². The Labute approximate surface area is 171 Å². The van der Waals surface area contributed by atoms with Crippen LogP contribution < -0.4 is 9.47 Å². The molecule has 5 rings (SSSR count). The molecule has 1 amide bonds. The number of hydrogen-bond donors (Lipinski definition) is 0. The first-order valence-corrected chi connectivity index (χ1v) is 10.4. The molecule has 1 aliphatic heterocycles. The molecule has 0 atom stereocenters. The molecule has 6 nitrogen and oxygen atoms in total. The van der Waals surface area contributed by atoms with E-state index in [0.29, 0.717) is 24.0 Å². The number of ether oxygens (including phenoxy) is 2. The van der Waals surface area contributed by atoms with Gasteiger partial charge in [0, 0.05) is 37.4 Å². The number of benzene rings is 2. The maximum Gasteiger partial charge on any atom is 0.289 e. The summed E-state index contributed by atoms with van der Waals surface area (Å²) in [5.74, 6) is 1.11. The van der Waals surface area contributed by atoms with Gasteiger partial charge >= 0.3 is 0 Å². The molecule has 1 saturated heterocycles. The lowest BCUT2D eigenvalue weighted by atomic mass is 10.1. The first kappa shape index (κ1) is 18.0. The molecule has 1 fully saturated rings. The van der Waals surface area contributed by atoms with Gasteiger partial charge in [0.1, 0.15) is 17.4 Å². The average molecular weight is 408 g/mol. The maximum absolute atomic E-state index is 12.8. The Hall–Kier alpha value is -3.06. The fourth-order valence-corrected chi connectivity index (χ4v) is 4.49. The van der Waals surface area contributed by atoms with Gasteiger partial charge < -0.3 is 18.8 Å². The van der Waals surface area contributed by atoms with Gasteiger partial charge in [0.15, 0.2) is 5.76 Å². The first-order chi connectivity index (χ1) is 14.2. The number of carbonyl (C=O) groups excluding carboxylic acids is 1. The number of carbonyl (C=O) groups is 1. The lowest BCUT2D eigenvalue weighted by Gasteiger charge is -2.31. The van der Waals surface area contributed by atoms with Crippen molar-refractivity contribution in [1.82, 2.24) is 9.88 Å². The zero-order chi connectivity index (χ0) is 19.8. The highest BCUT2D eigenvalue weighted by Crippen LogP contribution is 2.32. The number of hydrogen-bond acceptors (Lipinski definition) is 6. The Morgan fingerprint density at radius 2 is 2.00 bits per heavy atom. The third-order valence-corrected chi connectivity index (χ3v) is 6.14. The van der Waals surface area contributed by atoms with E-state index in [1.54, 1.807) is 7.11 Å². The molecule has 2 aromatic heterocycles. The number of furan rings is 1. The number of amides is 1. The van der Waals surface area contributed by atoms with Crippen LogP contribution in [0.15, 0.2) is 52.9 Å². The van der Waals surface area contributed by atoms with Crippen LogP contribution in [0.5, 0.6) is 10.9 Å². The summed E-state index contributed by atoms with van der Waals surface area (Å²) < 4.78 is 18.1. The van der Waals surface area contributed by atoms with Gasteiger partial charge in [-0.2, -0.15) is 0 Å². The molecule has 1 aliphatic rings. The van der Waals surface area contributed by atoms with E-state index >= 15 is 0 Å². The minimum atomic E-state index is -0.0632. The topological polar surface area (TPSA) is 64.8 Å². The molecule has 0 aliphatic carbocycles. The predicted molar refractivity (Wildman–Crippen MR) is 112 cm³/mol. The molecule has 3 heterocycles. The Balaban J connectivity index is 1.22. The van der Waals surface area contributed by atoms with Crippen molar-refractivity contribution in [3.05, 3.63) is 54.3 Å². The van der Waals surface area contributed by atoms with Crippen molar-refractivity contribution in [2.45, 2.75) is 18.9 Å². The molecule has 0 radical (unpaired) electrons. The summed E-state index contributed by atoms with van der Waals surface area (Å²) >= 11 is 1.53. The monoisotopic (exact) mass is 408 g/mol. The van der Waals surface area contributed by atoms with Gasteiger partial charge in [-0.05, 0) is 24.3 Å². The van der Waals surface area contributed by atoms with Crippen molar-refractivity contribution in [2.75, 3.05) is 20.2 Å². The summed E-state index contributed by atoms with van der Waals surface area (Å²) in [6.45, 7) is 1.28. The average Bonchev–Trinajstić information content (AvgIpc) is 3.36. The SMILES string of the molecule is COc1ccc2sc(OC3CCN(C(=O)c4cc5ccccc5o4)CC3)nc2c1. The van der Waals surface area contributed by atoms with E-state index in [2.05, 4.69) is 4.98 Å². The van der Waals surface area contributed by atoms with Crippen molar-refractivity contribution in [2.24, 2.45) is 0 Å². The van der Waals surface area contributed by atoms with Gasteiger partial charge in [-0.1, -0.05) is 29.5 Å². The quantitative estimate of drug-likeness (QED) is 0.488. The summed E-state index contributed by atoms with van der Waals surface area (Å²) in [5, 5.41) is 1.61. The number of nitrogens with zero attached hydrogens (tertiary/aromatic N) is 2. The second kappa shape index (κ2) is 7.40. The number of fused-ring (bicyclic) bond motifs is 2. The molecule has 29 heavy (non-hydrogen) atoms. The molecule has 0 saturated carbocycles. The van der Waals surface area contributed by atoms with Gasteiger partial charge in [0.05, 0.1) is 17.3 Å². The largest absolute Gasteiger partial charge is 0.497 e. The van der Waals surface area contributed by atoms with Crippen LogP contribution in [0.25, 0.3) is 21.2 Å². The molecule has 7 heteroatoms. The second-order valence-corrected chi connectivity index (χ2v) is 8.06. The molecule has 0 N–H and O–H groups in total. The van der Waals surface area contributed by atoms with E-state index in [1.165, 1.54) is 11.3 Å². The lowest BCUT2D eigenvalue weighted by molar-refractivity contribution is 0.0569. The van der Waals surface area contributed by atoms with Crippen molar-refractivity contribution in [3.8, 4) is 10.9 Å². The van der Waals surface area contributed by atoms with E-state index in [9.17, 15) is 4.79 Å². The Kier molecular flexibility index (Phi) is 4.60. The smallest absolute Gasteiger partial charge is 0.289 e. The molecule has 0 spiro atoms. The maximum atomic E-state index is 12.8. The summed E-state index contributed by atoms with van der Waals surface area (Å²) in [5.41, 5.74) is 1.61. The minimum Gasteiger partial charge on any atom is -0.497 e. The van der Waals surface area contributed by atoms with Crippen LogP contribution >= 0.6 is 11.3 Å². The van der Waals surface area contributed by atoms with Gasteiger partial charge in [0.2, 0.25) is 0 Å². The fourth-order valence-electron chi connectivity index (χ4n) is 3.63. The Morgan fingerprint density at radius 1 is 1.17 bits per heavy atom. The highest BCUT2D eigenvalue weighted by Gasteiger charge is 2.27. The molecule has 4 aromatic rings. The zero-order valence-electron chi connectivity index (χ0n) is 16.0. The van der Waals surface area contributed by atoms with Crippen LogP contribution in [0.1, 0.15) is 23.4 Å². The van der Waals surface area contributed by atoms with Crippen LogP contribution in [0.2, 0.25) is 0 Å². The highest BCUT2D eigenvalue weighted by atomic mass is 32.1. The van der Waals surface area contributed by atoms with Gasteiger partial charge in [-0.25, -0.2) is 4.98 Å². The normalized spacial score (nSPS) is 15.1. The number of methoxy groups -OCH3 is 1. The molecule has 0 bridgehead atoms. The van der Waals surface area contributed by atoms with Gasteiger partial charge in [-0.3, -0.25) is 4.79 Å². The number of likely N-dealkylation sites (tertiary alicyclic amines) is 1. The number of piperidine rings is 1. The molecule has 0 unspecified atom stereocenters. The summed E-state index contributed by atoms with van der Waals surface area (Å²) in [6.07, 6.45) is 1.59. The Morgan fingerprint density at radius 3 is 2.79 bits per heavy atom. The van der Waals surface area contributed by atoms with E-state index in [4.69, 9.17) is 13.9 Å². The van der Waals surface area contributed by atoms with Crippen molar-refractivity contribution < 1.29 is 18.7 Å². The van der Waals surface area contributed by atoms with Gasteiger partial charge in [0.25, 0.3) is 11.1 Å². The summed E-state index contributed by atoms with van der Waals surface area (Å²) in [7, 11) is 1.64. The molecular weight excluding hydrogens is 388 g/mol. The fraction of sp³-hybridized carbons (Fsp3) is 0.273. The van der Waals surface area contributed by atoms with Crippen LogP contribution in [-0.2, 0) is 0 Å². The molecular formula is C22H20N2O4S. The van der Waals surface area contributed by atoms with Crippen molar-refractivity contribution in [3.63, 3.8) is 0 Å². The van der Waals surface area contributed by atoms with Crippen molar-refractivity contribution in [1.29, 1.82) is 0 Å². The summed E-state index contributed by atoms with van der Waals surface area (Å²) in [6, 6.07) is 15.3. The highest BCUT2D eigenvalue weighted by molar-refractivity contribution is 7.20. The zero-order valence-corrected chi connectivity index (χ0v) is 16.8. The van der Waals surface area contributed by atoms with Gasteiger partial charge in [-0.15, -0.1) is 0 Å². The predicted octanol–water partition coefficient (Wildman–Crippen LogP) is 4.73. The van der Waals surface area contributed by atoms with Crippen LogP contribution in [-0.4, -0.2) is 42.1 Å². The lowest BCUT2D eigenvalue weighted by Crippen LogP contribution is -2.41. The number of para-hydroxylation sites is 1. The molecule has 148 valence electrons. The van der Waals surface area contributed by atoms with Crippen LogP contribution in [0.3, 0.4) is 0 Å². The minimum absolute atomic E-state index is 0.0529. The molecule has 2 aromatic carbocycles. The Bertz CT molecular complexity index is 1140. The van der Waals surface area contributed by atoms with E-state index in [1.807, 2.05) is 53.4 Å². The van der Waals surface area contributed by atoms with E-state index in [0.717, 1.165) is 39.8 Å². The third-order valence-electron chi connectivity index (χ3n) is 5.21. The van der Waals surface area contributed by atoms with Crippen molar-refractivity contribution >= 4 is 38.4 Å². The number of thiazole rings is 1. The number of aromatic nitrogens is 1. The number of rotatable bonds is 4. The second-order valence-electron chi connectivity index (χ2n) is 7.07. The van der Waals surface area contributed by atoms with E-state index in [-0.39, 0.29) is 12.0 Å². The standard InChI is InChI=1S/C22H20N2O4S/c1-26-16-6-7-20-17(13-16)23-22(29-20)27-15-8-10-24(11-9-15)21(25)19-12-14-4-2-3-5-18(14)28-19/h2-7,12-13,15H,8-11H2,1H3. The summed E-state index contributed by atoms with van der Waals surface area (Å²) in [4.78, 5) is 19.2.